The van der Waals surface area contributed by atoms with E-state index in [0.717, 1.165) is 12.8 Å². The largest absolute Gasteiger partial charge is 0.397 e. The maximum absolute atomic E-state index is 11.8. The maximum Gasteiger partial charge on any atom is 0.226 e. The van der Waals surface area contributed by atoms with Crippen LogP contribution < -0.4 is 11.1 Å². The van der Waals surface area contributed by atoms with Gasteiger partial charge < -0.3 is 15.8 Å². The van der Waals surface area contributed by atoms with Gasteiger partial charge in [0.1, 0.15) is 0 Å². The van der Waals surface area contributed by atoms with Gasteiger partial charge in [0.15, 0.2) is 0 Å². The molecule has 1 aromatic rings. The molecular formula is C15H22Cl2N2O2. The molecule has 0 aliphatic rings. The highest BCUT2D eigenvalue weighted by Crippen LogP contribution is 2.32. The van der Waals surface area contributed by atoms with Crippen molar-refractivity contribution in [2.24, 2.45) is 5.92 Å². The average Bonchev–Trinajstić information content (AvgIpc) is 2.37. The number of carbonyl (C=O) groups is 1. The van der Waals surface area contributed by atoms with E-state index in [2.05, 4.69) is 19.2 Å². The van der Waals surface area contributed by atoms with Gasteiger partial charge in [0.2, 0.25) is 5.91 Å². The smallest absolute Gasteiger partial charge is 0.226 e. The molecule has 0 atom stereocenters. The van der Waals surface area contributed by atoms with Crippen molar-refractivity contribution in [3.05, 3.63) is 22.2 Å². The number of benzene rings is 1. The Labute approximate surface area is 135 Å². The van der Waals surface area contributed by atoms with Crippen LogP contribution in [-0.4, -0.2) is 19.1 Å². The predicted molar refractivity (Wildman–Crippen MR) is 89.0 cm³/mol. The predicted octanol–water partition coefficient (Wildman–Crippen LogP) is 4.36. The fourth-order valence-corrected chi connectivity index (χ4v) is 2.34. The number of anilines is 2. The van der Waals surface area contributed by atoms with Crippen molar-refractivity contribution in [1.82, 2.24) is 0 Å². The zero-order valence-electron chi connectivity index (χ0n) is 12.4. The van der Waals surface area contributed by atoms with Crippen LogP contribution in [0.5, 0.6) is 0 Å². The fourth-order valence-electron chi connectivity index (χ4n) is 1.79. The van der Waals surface area contributed by atoms with Crippen LogP contribution in [0.4, 0.5) is 11.4 Å². The third-order valence-corrected chi connectivity index (χ3v) is 3.41. The zero-order chi connectivity index (χ0) is 15.8. The molecule has 118 valence electrons. The van der Waals surface area contributed by atoms with Crippen molar-refractivity contribution in [3.8, 4) is 0 Å². The Kier molecular flexibility index (Phi) is 7.86. The monoisotopic (exact) mass is 332 g/mol. The minimum Gasteiger partial charge on any atom is -0.397 e. The Morgan fingerprint density at radius 1 is 1.33 bits per heavy atom. The molecule has 1 amide bonds. The highest BCUT2D eigenvalue weighted by atomic mass is 35.5. The lowest BCUT2D eigenvalue weighted by Gasteiger charge is -2.11. The summed E-state index contributed by atoms with van der Waals surface area (Å²) in [6.07, 6.45) is 2.40. The molecule has 0 radical (unpaired) electrons. The van der Waals surface area contributed by atoms with Gasteiger partial charge in [0.05, 0.1) is 29.4 Å². The van der Waals surface area contributed by atoms with Crippen molar-refractivity contribution in [3.63, 3.8) is 0 Å². The minimum absolute atomic E-state index is 0.185. The molecule has 0 saturated carbocycles. The van der Waals surface area contributed by atoms with Crippen molar-refractivity contribution in [2.45, 2.75) is 33.1 Å². The molecule has 0 heterocycles. The standard InChI is InChI=1S/C15H22Cl2N2O2/c1-10(2)4-3-6-21-7-5-14(20)19-15-12(17)8-11(16)9-13(15)18/h8-10H,3-7,18H2,1-2H3,(H,19,20). The van der Waals surface area contributed by atoms with E-state index in [-0.39, 0.29) is 12.3 Å². The van der Waals surface area contributed by atoms with Crippen molar-refractivity contribution in [2.75, 3.05) is 24.3 Å². The number of amides is 1. The minimum atomic E-state index is -0.185. The van der Waals surface area contributed by atoms with Crippen LogP contribution in [0.15, 0.2) is 12.1 Å². The van der Waals surface area contributed by atoms with Gasteiger partial charge in [-0.15, -0.1) is 0 Å². The van der Waals surface area contributed by atoms with E-state index in [0.29, 0.717) is 40.6 Å². The van der Waals surface area contributed by atoms with Crippen molar-refractivity contribution >= 4 is 40.5 Å². The van der Waals surface area contributed by atoms with E-state index in [9.17, 15) is 4.79 Å². The van der Waals surface area contributed by atoms with Crippen LogP contribution in [0.3, 0.4) is 0 Å². The lowest BCUT2D eigenvalue weighted by Crippen LogP contribution is -2.15. The molecule has 0 unspecified atom stereocenters. The lowest BCUT2D eigenvalue weighted by molar-refractivity contribution is -0.117. The van der Waals surface area contributed by atoms with E-state index in [4.69, 9.17) is 33.7 Å². The van der Waals surface area contributed by atoms with Crippen LogP contribution in [0.2, 0.25) is 10.0 Å². The topological polar surface area (TPSA) is 64.3 Å². The highest BCUT2D eigenvalue weighted by Gasteiger charge is 2.10. The summed E-state index contributed by atoms with van der Waals surface area (Å²) in [6.45, 7) is 5.41. The van der Waals surface area contributed by atoms with Crippen LogP contribution in [-0.2, 0) is 9.53 Å². The molecule has 0 spiro atoms. The van der Waals surface area contributed by atoms with Gasteiger partial charge in [0.25, 0.3) is 0 Å². The SMILES string of the molecule is CC(C)CCCOCCC(=O)Nc1c(N)cc(Cl)cc1Cl. The van der Waals surface area contributed by atoms with Gasteiger partial charge in [-0.05, 0) is 30.9 Å². The number of nitrogen functional groups attached to an aromatic ring is 1. The number of nitrogens with two attached hydrogens (primary N) is 1. The van der Waals surface area contributed by atoms with Gasteiger partial charge >= 0.3 is 0 Å². The Morgan fingerprint density at radius 2 is 2.05 bits per heavy atom. The second kappa shape index (κ2) is 9.13. The highest BCUT2D eigenvalue weighted by molar-refractivity contribution is 6.37. The summed E-state index contributed by atoms with van der Waals surface area (Å²) in [5.41, 5.74) is 6.52. The summed E-state index contributed by atoms with van der Waals surface area (Å²) in [7, 11) is 0. The average molecular weight is 333 g/mol. The molecular weight excluding hydrogens is 311 g/mol. The number of carbonyl (C=O) groups excluding carboxylic acids is 1. The summed E-state index contributed by atoms with van der Waals surface area (Å²) in [5.74, 6) is 0.488. The number of halogens is 2. The van der Waals surface area contributed by atoms with Crippen LogP contribution >= 0.6 is 23.2 Å². The Bertz CT molecular complexity index is 456. The quantitative estimate of drug-likeness (QED) is 0.549. The van der Waals surface area contributed by atoms with Gasteiger partial charge in [-0.25, -0.2) is 0 Å². The lowest BCUT2D eigenvalue weighted by atomic mass is 10.1. The third kappa shape index (κ3) is 7.02. The van der Waals surface area contributed by atoms with Crippen LogP contribution in [0.1, 0.15) is 33.1 Å². The van der Waals surface area contributed by atoms with Crippen LogP contribution in [0.25, 0.3) is 0 Å². The first kappa shape index (κ1) is 18.1. The summed E-state index contributed by atoms with van der Waals surface area (Å²) in [6, 6.07) is 3.09. The molecule has 21 heavy (non-hydrogen) atoms. The first-order chi connectivity index (χ1) is 9.90. The van der Waals surface area contributed by atoms with Crippen LogP contribution in [0, 0.1) is 5.92 Å². The molecule has 1 aromatic carbocycles. The second-order valence-electron chi connectivity index (χ2n) is 5.30. The number of nitrogens with one attached hydrogen (secondary N) is 1. The van der Waals surface area contributed by atoms with Gasteiger partial charge in [0, 0.05) is 11.6 Å². The molecule has 4 nitrogen and oxygen atoms in total. The summed E-state index contributed by atoms with van der Waals surface area (Å²) in [5, 5.41) is 3.44. The molecule has 0 bridgehead atoms. The first-order valence-corrected chi connectivity index (χ1v) is 7.78. The van der Waals surface area contributed by atoms with Gasteiger partial charge in [-0.1, -0.05) is 37.0 Å². The second-order valence-corrected chi connectivity index (χ2v) is 6.14. The molecule has 3 N–H and O–H groups in total. The summed E-state index contributed by atoms with van der Waals surface area (Å²) < 4.78 is 5.43. The van der Waals surface area contributed by atoms with Crippen molar-refractivity contribution in [1.29, 1.82) is 0 Å². The molecule has 0 saturated heterocycles. The Hall–Kier alpha value is -0.970. The number of hydrogen-bond donors (Lipinski definition) is 2. The van der Waals surface area contributed by atoms with E-state index in [1.54, 1.807) is 6.07 Å². The molecule has 0 fully saturated rings. The third-order valence-electron chi connectivity index (χ3n) is 2.89. The van der Waals surface area contributed by atoms with Crippen molar-refractivity contribution < 1.29 is 9.53 Å². The first-order valence-electron chi connectivity index (χ1n) is 7.02. The van der Waals surface area contributed by atoms with E-state index in [1.165, 1.54) is 6.07 Å². The molecule has 1 rings (SSSR count). The van der Waals surface area contributed by atoms with E-state index in [1.807, 2.05) is 0 Å². The van der Waals surface area contributed by atoms with E-state index >= 15 is 0 Å². The van der Waals surface area contributed by atoms with Gasteiger partial charge in [-0.3, -0.25) is 4.79 Å². The fraction of sp³-hybridized carbons (Fsp3) is 0.533. The summed E-state index contributed by atoms with van der Waals surface area (Å²) in [4.78, 5) is 11.8. The number of rotatable bonds is 8. The Balaban J connectivity index is 2.31. The molecule has 0 aliphatic carbocycles. The molecule has 0 aliphatic heterocycles. The molecule has 0 aromatic heterocycles. The maximum atomic E-state index is 11.8. The zero-order valence-corrected chi connectivity index (χ0v) is 13.9. The van der Waals surface area contributed by atoms with Gasteiger partial charge in [-0.2, -0.15) is 0 Å². The number of hydrogen-bond acceptors (Lipinski definition) is 3. The normalized spacial score (nSPS) is 10.9. The summed E-state index contributed by atoms with van der Waals surface area (Å²) >= 11 is 11.8. The Morgan fingerprint density at radius 3 is 2.67 bits per heavy atom. The number of ether oxygens (including phenoxy) is 1. The van der Waals surface area contributed by atoms with E-state index < -0.39 is 0 Å². The molecule has 6 heteroatoms.